The van der Waals surface area contributed by atoms with Gasteiger partial charge in [0.2, 0.25) is 0 Å². The summed E-state index contributed by atoms with van der Waals surface area (Å²) in [7, 11) is 4.00. The van der Waals surface area contributed by atoms with Crippen LogP contribution >= 0.6 is 0 Å². The standard InChI is InChI=1S/B2H4.2Li.2H/c1-2;;;;/h1-2H2;;;;. The van der Waals surface area contributed by atoms with Crippen molar-refractivity contribution in [2.75, 3.05) is 0 Å². The Kier molecular flexibility index (Phi) is 126. The molecule has 0 fully saturated rings. The Morgan fingerprint density at radius 3 is 0.750 bits per heavy atom. The zero-order valence-corrected chi connectivity index (χ0v) is 2.00. The SMILES string of the molecule is BB.[LiH].[LiH]. The van der Waals surface area contributed by atoms with Crippen LogP contribution in [0.5, 0.6) is 0 Å². The van der Waals surface area contributed by atoms with Gasteiger partial charge in [-0.3, -0.25) is 0 Å². The Morgan fingerprint density at radius 1 is 0.750 bits per heavy atom. The zero-order chi connectivity index (χ0) is 2.00. The van der Waals surface area contributed by atoms with E-state index in [2.05, 4.69) is 0 Å². The van der Waals surface area contributed by atoms with Crippen LogP contribution in [-0.4, -0.2) is 53.2 Å². The van der Waals surface area contributed by atoms with Crippen molar-refractivity contribution < 1.29 is 0 Å². The van der Waals surface area contributed by atoms with Crippen LogP contribution in [0.25, 0.3) is 0 Å². The van der Waals surface area contributed by atoms with Crippen LogP contribution < -0.4 is 0 Å². The molecule has 0 atom stereocenters. The molecule has 0 heterocycles. The summed E-state index contributed by atoms with van der Waals surface area (Å²) < 4.78 is 0. The Morgan fingerprint density at radius 2 is 0.750 bits per heavy atom. The van der Waals surface area contributed by atoms with Crippen LogP contribution in [0.3, 0.4) is 0 Å². The molecule has 0 nitrogen and oxygen atoms in total. The van der Waals surface area contributed by atoms with E-state index in [9.17, 15) is 0 Å². The molecule has 0 N–H and O–H groups in total. The van der Waals surface area contributed by atoms with Gasteiger partial charge in [0.1, 0.15) is 0 Å². The third kappa shape index (κ3) is 10.2. The predicted octanol–water partition coefficient (Wildman–Crippen LogP) is -3.13. The minimum atomic E-state index is 0. The van der Waals surface area contributed by atoms with Crippen molar-refractivity contribution in [1.29, 1.82) is 0 Å². The zero-order valence-electron chi connectivity index (χ0n) is 2.00. The molecule has 0 saturated heterocycles. The molecule has 14 valence electrons. The molecule has 0 bridgehead atoms. The minimum absolute atomic E-state index is 0. The summed E-state index contributed by atoms with van der Waals surface area (Å²) in [5.74, 6) is 0. The van der Waals surface area contributed by atoms with Gasteiger partial charge in [-0.15, -0.1) is 0 Å². The van der Waals surface area contributed by atoms with Crippen LogP contribution in [0.1, 0.15) is 0 Å². The van der Waals surface area contributed by atoms with Gasteiger partial charge >= 0.3 is 37.7 Å². The summed E-state index contributed by atoms with van der Waals surface area (Å²) in [6.07, 6.45) is 0. The first-order valence-corrected chi connectivity index (χ1v) is 1.00. The third-order valence-corrected chi connectivity index (χ3v) is 0. The van der Waals surface area contributed by atoms with Crippen molar-refractivity contribution in [3.8, 4) is 0 Å². The van der Waals surface area contributed by atoms with Crippen LogP contribution in [0.15, 0.2) is 0 Å². The maximum absolute atomic E-state index is 2.00. The number of hydrogen-bond acceptors (Lipinski definition) is 0. The Balaban J connectivity index is -0.00000000500. The first-order valence-electron chi connectivity index (χ1n) is 1.00. The number of hydrogen-bond donors (Lipinski definition) is 0. The van der Waals surface area contributed by atoms with E-state index in [0.29, 0.717) is 0 Å². The molecule has 0 rings (SSSR count). The predicted molar refractivity (Wildman–Crippen MR) is 31.4 cm³/mol. The fraction of sp³-hybridized carbons (Fsp3) is 0. The average Bonchev–Trinajstić information content (AvgIpc) is 1.00. The van der Waals surface area contributed by atoms with Gasteiger partial charge < -0.3 is 0 Å². The van der Waals surface area contributed by atoms with Gasteiger partial charge in [-0.25, -0.2) is 0 Å². The molecule has 4 heavy (non-hydrogen) atoms. The van der Waals surface area contributed by atoms with E-state index in [1.165, 1.54) is 0 Å². The molecule has 0 aromatic heterocycles. The summed E-state index contributed by atoms with van der Waals surface area (Å²) >= 11 is 0. The van der Waals surface area contributed by atoms with Gasteiger partial charge in [0.25, 0.3) is 0 Å². The van der Waals surface area contributed by atoms with Crippen LogP contribution in [0, 0.1) is 0 Å². The Labute approximate surface area is 53.3 Å². The Hall–Kier alpha value is 1.32. The average molecular weight is 41.6 g/mol. The monoisotopic (exact) mass is 42.1 g/mol. The van der Waals surface area contributed by atoms with E-state index >= 15 is 0 Å². The first-order chi connectivity index (χ1) is 1.00. The van der Waals surface area contributed by atoms with Gasteiger partial charge in [-0.2, -0.15) is 0 Å². The molecule has 0 saturated carbocycles. The van der Waals surface area contributed by atoms with Crippen LogP contribution in [0.2, 0.25) is 0 Å². The molecule has 0 radical (unpaired) electrons. The second-order valence-corrected chi connectivity index (χ2v) is 0. The molecule has 0 aliphatic heterocycles. The molecule has 0 unspecified atom stereocenters. The van der Waals surface area contributed by atoms with E-state index in [1.807, 2.05) is 15.5 Å². The second kappa shape index (κ2) is 27.2. The van der Waals surface area contributed by atoms with Crippen molar-refractivity contribution >= 4 is 53.2 Å². The maximum atomic E-state index is 2.00. The van der Waals surface area contributed by atoms with Crippen molar-refractivity contribution in [2.24, 2.45) is 0 Å². The summed E-state index contributed by atoms with van der Waals surface area (Å²) in [5, 5.41) is 0. The second-order valence-electron chi connectivity index (χ2n) is 0. The number of rotatable bonds is 0. The topological polar surface area (TPSA) is 0 Å². The molecule has 0 aliphatic rings. The fourth-order valence-electron chi connectivity index (χ4n) is 0. The Bertz CT molecular complexity index is 4.00. The van der Waals surface area contributed by atoms with Crippen molar-refractivity contribution in [2.45, 2.75) is 0 Å². The van der Waals surface area contributed by atoms with Crippen LogP contribution in [0.4, 0.5) is 0 Å². The quantitative estimate of drug-likeness (QED) is 0.251. The van der Waals surface area contributed by atoms with Gasteiger partial charge in [0.15, 0.2) is 0 Å². The summed E-state index contributed by atoms with van der Waals surface area (Å²) in [6, 6.07) is 0. The van der Waals surface area contributed by atoms with E-state index in [1.54, 1.807) is 0 Å². The molecule has 0 aromatic rings. The normalized spacial score (nSPS) is 1.00. The third-order valence-electron chi connectivity index (χ3n) is 0. The molecular weight excluding hydrogens is 35.5 g/mol. The first kappa shape index (κ1) is 18.4. The van der Waals surface area contributed by atoms with Gasteiger partial charge in [-0.05, 0) is 0 Å². The van der Waals surface area contributed by atoms with Gasteiger partial charge in [0, 0.05) is 0 Å². The summed E-state index contributed by atoms with van der Waals surface area (Å²) in [4.78, 5) is 0. The van der Waals surface area contributed by atoms with E-state index < -0.39 is 0 Å². The molecular formula is H6B2Li2. The van der Waals surface area contributed by atoms with Gasteiger partial charge in [-0.1, -0.05) is 0 Å². The van der Waals surface area contributed by atoms with Crippen molar-refractivity contribution in [3.05, 3.63) is 0 Å². The van der Waals surface area contributed by atoms with E-state index in [-0.39, 0.29) is 37.7 Å². The van der Waals surface area contributed by atoms with Crippen LogP contribution in [-0.2, 0) is 0 Å². The van der Waals surface area contributed by atoms with Crippen molar-refractivity contribution in [1.82, 2.24) is 0 Å². The summed E-state index contributed by atoms with van der Waals surface area (Å²) in [5.41, 5.74) is 0. The molecule has 0 aliphatic carbocycles. The van der Waals surface area contributed by atoms with Crippen molar-refractivity contribution in [3.63, 3.8) is 0 Å². The molecule has 0 aromatic carbocycles. The molecule has 0 amide bonds. The van der Waals surface area contributed by atoms with Gasteiger partial charge in [0.05, 0.1) is 15.5 Å². The molecule has 0 spiro atoms. The summed E-state index contributed by atoms with van der Waals surface area (Å²) in [6.45, 7) is 0. The van der Waals surface area contributed by atoms with E-state index in [4.69, 9.17) is 0 Å². The fourth-order valence-corrected chi connectivity index (χ4v) is 0. The molecule has 4 heteroatoms. The van der Waals surface area contributed by atoms with E-state index in [0.717, 1.165) is 0 Å².